The normalized spacial score (nSPS) is 19.2. The van der Waals surface area contributed by atoms with Crippen LogP contribution in [0.2, 0.25) is 0 Å². The van der Waals surface area contributed by atoms with Crippen molar-refractivity contribution in [2.75, 3.05) is 25.4 Å². The van der Waals surface area contributed by atoms with Crippen LogP contribution < -0.4 is 0 Å². The molecule has 0 unspecified atom stereocenters. The van der Waals surface area contributed by atoms with Gasteiger partial charge >= 0.3 is 0 Å². The van der Waals surface area contributed by atoms with E-state index < -0.39 is 0 Å². The Hall–Kier alpha value is -1.56. The highest BCUT2D eigenvalue weighted by Gasteiger charge is 2.46. The van der Waals surface area contributed by atoms with E-state index in [0.29, 0.717) is 31.6 Å². The summed E-state index contributed by atoms with van der Waals surface area (Å²) in [6, 6.07) is 5.92. The maximum atomic E-state index is 13.5. The molecule has 4 nitrogen and oxygen atoms in total. The lowest BCUT2D eigenvalue weighted by Crippen LogP contribution is -2.53. The van der Waals surface area contributed by atoms with Crippen LogP contribution in [0.15, 0.2) is 24.3 Å². The van der Waals surface area contributed by atoms with Crippen molar-refractivity contribution in [1.82, 2.24) is 9.80 Å². The summed E-state index contributed by atoms with van der Waals surface area (Å²) in [6.07, 6.45) is 5.37. The van der Waals surface area contributed by atoms with Gasteiger partial charge in [-0.1, -0.05) is 25.8 Å². The third-order valence-corrected chi connectivity index (χ3v) is 6.94. The van der Waals surface area contributed by atoms with Gasteiger partial charge in [-0.25, -0.2) is 4.39 Å². The van der Waals surface area contributed by atoms with Crippen molar-refractivity contribution in [2.45, 2.75) is 50.3 Å². The Labute approximate surface area is 159 Å². The van der Waals surface area contributed by atoms with Gasteiger partial charge in [0.15, 0.2) is 0 Å². The van der Waals surface area contributed by atoms with Gasteiger partial charge in [-0.05, 0) is 37.5 Å². The number of hydrogen-bond acceptors (Lipinski definition) is 3. The van der Waals surface area contributed by atoms with Gasteiger partial charge in [0, 0.05) is 37.4 Å². The van der Waals surface area contributed by atoms with Gasteiger partial charge in [-0.15, -0.1) is 11.8 Å². The largest absolute Gasteiger partial charge is 0.342 e. The first-order valence-corrected chi connectivity index (χ1v) is 10.5. The third-order valence-electron chi connectivity index (χ3n) is 5.39. The fourth-order valence-electron chi connectivity index (χ4n) is 3.88. The van der Waals surface area contributed by atoms with Crippen molar-refractivity contribution in [3.63, 3.8) is 0 Å². The lowest BCUT2D eigenvalue weighted by Gasteiger charge is -2.44. The van der Waals surface area contributed by atoms with Crippen molar-refractivity contribution in [1.29, 1.82) is 0 Å². The Bertz CT molecular complexity index is 659. The Morgan fingerprint density at radius 2 is 1.96 bits per heavy atom. The van der Waals surface area contributed by atoms with Crippen LogP contribution in [-0.2, 0) is 4.79 Å². The summed E-state index contributed by atoms with van der Waals surface area (Å²) in [5, 5.41) is 0. The van der Waals surface area contributed by atoms with E-state index in [9.17, 15) is 14.0 Å². The monoisotopic (exact) mass is 378 g/mol. The summed E-state index contributed by atoms with van der Waals surface area (Å²) in [5.41, 5.74) is 0.407. The summed E-state index contributed by atoms with van der Waals surface area (Å²) >= 11 is 1.81. The van der Waals surface area contributed by atoms with E-state index in [1.54, 1.807) is 12.1 Å². The average molecular weight is 379 g/mol. The number of piperidine rings is 1. The van der Waals surface area contributed by atoms with Crippen LogP contribution in [0.25, 0.3) is 0 Å². The number of carbonyl (C=O) groups is 2. The maximum absolute atomic E-state index is 13.5. The van der Waals surface area contributed by atoms with Crippen LogP contribution in [-0.4, -0.2) is 51.9 Å². The van der Waals surface area contributed by atoms with E-state index in [-0.39, 0.29) is 22.5 Å². The van der Waals surface area contributed by atoms with Crippen molar-refractivity contribution < 1.29 is 14.0 Å². The summed E-state index contributed by atoms with van der Waals surface area (Å²) in [6.45, 7) is 4.22. The Morgan fingerprint density at radius 1 is 1.19 bits per heavy atom. The van der Waals surface area contributed by atoms with Gasteiger partial charge in [0.2, 0.25) is 5.91 Å². The molecule has 1 aromatic rings. The fourth-order valence-corrected chi connectivity index (χ4v) is 5.33. The molecule has 1 aromatic carbocycles. The van der Waals surface area contributed by atoms with E-state index >= 15 is 0 Å². The van der Waals surface area contributed by atoms with Crippen molar-refractivity contribution in [3.05, 3.63) is 35.6 Å². The van der Waals surface area contributed by atoms with Gasteiger partial charge < -0.3 is 9.80 Å². The van der Waals surface area contributed by atoms with Crippen LogP contribution in [0.1, 0.15) is 55.8 Å². The first-order valence-electron chi connectivity index (χ1n) is 9.55. The minimum absolute atomic E-state index is 0.0998. The van der Waals surface area contributed by atoms with Crippen LogP contribution in [0.4, 0.5) is 4.39 Å². The Kier molecular flexibility index (Phi) is 6.22. The summed E-state index contributed by atoms with van der Waals surface area (Å²) in [5.74, 6) is 0.645. The molecule has 2 amide bonds. The van der Waals surface area contributed by atoms with Crippen LogP contribution in [0.5, 0.6) is 0 Å². The molecule has 1 spiro atoms. The fraction of sp³-hybridized carbons (Fsp3) is 0.600. The van der Waals surface area contributed by atoms with E-state index in [2.05, 4.69) is 6.92 Å². The number of likely N-dealkylation sites (tertiary alicyclic amines) is 1. The Balaban J connectivity index is 1.63. The topological polar surface area (TPSA) is 40.6 Å². The number of unbranched alkanes of at least 4 members (excludes halogenated alkanes) is 2. The minimum Gasteiger partial charge on any atom is -0.342 e. The quantitative estimate of drug-likeness (QED) is 0.730. The smallest absolute Gasteiger partial charge is 0.255 e. The van der Waals surface area contributed by atoms with Gasteiger partial charge in [-0.2, -0.15) is 0 Å². The molecule has 0 aliphatic carbocycles. The highest BCUT2D eigenvalue weighted by molar-refractivity contribution is 8.00. The summed E-state index contributed by atoms with van der Waals surface area (Å²) < 4.78 is 13.5. The van der Waals surface area contributed by atoms with E-state index in [0.717, 1.165) is 37.9 Å². The van der Waals surface area contributed by atoms with E-state index in [1.807, 2.05) is 21.6 Å². The lowest BCUT2D eigenvalue weighted by atomic mass is 10.00. The molecule has 0 aromatic heterocycles. The molecule has 2 aliphatic heterocycles. The second-order valence-electron chi connectivity index (χ2n) is 7.10. The predicted molar refractivity (Wildman–Crippen MR) is 103 cm³/mol. The van der Waals surface area contributed by atoms with Gasteiger partial charge in [0.1, 0.15) is 5.82 Å². The Morgan fingerprint density at radius 3 is 2.65 bits per heavy atom. The molecule has 0 N–H and O–H groups in total. The number of hydrogen-bond donors (Lipinski definition) is 0. The SMILES string of the molecule is CCCCCC(=O)N1CCC2(CC1)SCCN2C(=O)c1cccc(F)c1. The predicted octanol–water partition coefficient (Wildman–Crippen LogP) is 3.91. The molecule has 2 saturated heterocycles. The number of amides is 2. The van der Waals surface area contributed by atoms with Crippen LogP contribution in [0.3, 0.4) is 0 Å². The highest BCUT2D eigenvalue weighted by atomic mass is 32.2. The molecule has 26 heavy (non-hydrogen) atoms. The number of carbonyl (C=O) groups excluding carboxylic acids is 2. The number of nitrogens with zero attached hydrogens (tertiary/aromatic N) is 2. The second kappa shape index (κ2) is 8.42. The maximum Gasteiger partial charge on any atom is 0.255 e. The van der Waals surface area contributed by atoms with Crippen molar-refractivity contribution in [3.8, 4) is 0 Å². The minimum atomic E-state index is -0.385. The van der Waals surface area contributed by atoms with Crippen molar-refractivity contribution >= 4 is 23.6 Å². The highest BCUT2D eigenvalue weighted by Crippen LogP contribution is 2.44. The average Bonchev–Trinajstić information content (AvgIpc) is 3.05. The zero-order chi connectivity index (χ0) is 18.6. The number of thioether (sulfide) groups is 1. The zero-order valence-electron chi connectivity index (χ0n) is 15.4. The second-order valence-corrected chi connectivity index (χ2v) is 8.56. The van der Waals surface area contributed by atoms with Crippen LogP contribution >= 0.6 is 11.8 Å². The molecular weight excluding hydrogens is 351 g/mol. The molecule has 3 rings (SSSR count). The first-order chi connectivity index (χ1) is 12.6. The molecule has 2 fully saturated rings. The number of benzene rings is 1. The molecule has 0 saturated carbocycles. The third kappa shape index (κ3) is 4.05. The lowest BCUT2D eigenvalue weighted by molar-refractivity contribution is -0.132. The van der Waals surface area contributed by atoms with Gasteiger partial charge in [-0.3, -0.25) is 9.59 Å². The molecule has 0 atom stereocenters. The molecular formula is C20H27FN2O2S. The molecule has 2 heterocycles. The first kappa shape index (κ1) is 19.2. The standard InChI is InChI=1S/C20H27FN2O2S/c1-2-3-4-8-18(24)22-11-9-20(10-12-22)23(13-14-26-20)19(25)16-6-5-7-17(21)15-16/h5-7,15H,2-4,8-14H2,1H3. The van der Waals surface area contributed by atoms with Crippen LogP contribution in [0, 0.1) is 5.82 Å². The molecule has 2 aliphatic rings. The van der Waals surface area contributed by atoms with Gasteiger partial charge in [0.25, 0.3) is 5.91 Å². The molecule has 0 bridgehead atoms. The van der Waals surface area contributed by atoms with Crippen molar-refractivity contribution in [2.24, 2.45) is 0 Å². The molecule has 0 radical (unpaired) electrons. The zero-order valence-corrected chi connectivity index (χ0v) is 16.2. The van der Waals surface area contributed by atoms with Gasteiger partial charge in [0.05, 0.1) is 4.87 Å². The number of rotatable bonds is 5. The number of halogens is 1. The van der Waals surface area contributed by atoms with E-state index in [1.165, 1.54) is 12.1 Å². The summed E-state index contributed by atoms with van der Waals surface area (Å²) in [4.78, 5) is 28.9. The molecule has 6 heteroatoms. The van der Waals surface area contributed by atoms with E-state index in [4.69, 9.17) is 0 Å². The summed E-state index contributed by atoms with van der Waals surface area (Å²) in [7, 11) is 0. The molecule has 142 valence electrons.